The highest BCUT2D eigenvalue weighted by molar-refractivity contribution is 6.06. The molecule has 0 unspecified atom stereocenters. The number of aliphatic hydroxyl groups excluding tert-OH is 1. The molecule has 0 saturated heterocycles. The van der Waals surface area contributed by atoms with Crippen LogP contribution in [0.4, 0.5) is 0 Å². The van der Waals surface area contributed by atoms with Crippen LogP contribution in [0.15, 0.2) is 79.1 Å². The van der Waals surface area contributed by atoms with E-state index >= 15 is 0 Å². The standard InChI is InChI=1S/C24H19N3O2/c1-29-18-8-9-19(16(13-18)15-28)21-14-17(10-12-25-21)27-22-6-3-2-5-20(22)24-23(27)7-4-11-26-24/h2-14,28H,15H2,1H3. The monoisotopic (exact) mass is 381 g/mol. The van der Waals surface area contributed by atoms with E-state index < -0.39 is 0 Å². The van der Waals surface area contributed by atoms with E-state index in [0.29, 0.717) is 5.75 Å². The largest absolute Gasteiger partial charge is 0.497 e. The van der Waals surface area contributed by atoms with Crippen molar-refractivity contribution in [1.29, 1.82) is 0 Å². The number of aliphatic hydroxyl groups is 1. The van der Waals surface area contributed by atoms with Gasteiger partial charge in [-0.2, -0.15) is 0 Å². The normalized spacial score (nSPS) is 11.2. The number of hydrogen-bond acceptors (Lipinski definition) is 4. The zero-order valence-electron chi connectivity index (χ0n) is 15.9. The highest BCUT2D eigenvalue weighted by Gasteiger charge is 2.14. The van der Waals surface area contributed by atoms with Crippen molar-refractivity contribution < 1.29 is 9.84 Å². The Kier molecular flexibility index (Phi) is 4.22. The third-order valence-corrected chi connectivity index (χ3v) is 5.19. The SMILES string of the molecule is COc1ccc(-c2cc(-n3c4ccccc4c4ncccc43)ccn2)c(CO)c1. The number of aromatic nitrogens is 3. The van der Waals surface area contributed by atoms with Crippen LogP contribution in [0.1, 0.15) is 5.56 Å². The topological polar surface area (TPSA) is 60.2 Å². The minimum Gasteiger partial charge on any atom is -0.497 e. The summed E-state index contributed by atoms with van der Waals surface area (Å²) in [7, 11) is 1.62. The smallest absolute Gasteiger partial charge is 0.119 e. The van der Waals surface area contributed by atoms with Crippen molar-refractivity contribution in [3.05, 3.63) is 84.7 Å². The number of ether oxygens (including phenoxy) is 1. The second-order valence-electron chi connectivity index (χ2n) is 6.80. The van der Waals surface area contributed by atoms with E-state index in [4.69, 9.17) is 4.74 Å². The lowest BCUT2D eigenvalue weighted by atomic mass is 10.0. The average molecular weight is 381 g/mol. The van der Waals surface area contributed by atoms with E-state index in [-0.39, 0.29) is 6.61 Å². The predicted molar refractivity (Wildman–Crippen MR) is 114 cm³/mol. The number of rotatable bonds is 4. The Hall–Kier alpha value is -3.70. The summed E-state index contributed by atoms with van der Waals surface area (Å²) in [6.45, 7) is -0.0856. The van der Waals surface area contributed by atoms with Crippen LogP contribution in [0.3, 0.4) is 0 Å². The first-order valence-electron chi connectivity index (χ1n) is 9.39. The van der Waals surface area contributed by atoms with Crippen LogP contribution in [0.2, 0.25) is 0 Å². The molecular weight excluding hydrogens is 362 g/mol. The van der Waals surface area contributed by atoms with Crippen LogP contribution in [0.25, 0.3) is 38.9 Å². The van der Waals surface area contributed by atoms with Gasteiger partial charge in [-0.15, -0.1) is 0 Å². The van der Waals surface area contributed by atoms with E-state index in [0.717, 1.165) is 44.4 Å². The molecule has 0 bridgehead atoms. The Morgan fingerprint density at radius 2 is 1.76 bits per heavy atom. The predicted octanol–water partition coefficient (Wildman–Crippen LogP) is 4.74. The molecule has 29 heavy (non-hydrogen) atoms. The zero-order valence-corrected chi connectivity index (χ0v) is 15.9. The molecule has 5 nitrogen and oxygen atoms in total. The van der Waals surface area contributed by atoms with Crippen molar-refractivity contribution >= 4 is 21.9 Å². The quantitative estimate of drug-likeness (QED) is 0.488. The minimum absolute atomic E-state index is 0.0856. The van der Waals surface area contributed by atoms with Crippen LogP contribution in [0.5, 0.6) is 5.75 Å². The van der Waals surface area contributed by atoms with Crippen LogP contribution in [0, 0.1) is 0 Å². The van der Waals surface area contributed by atoms with E-state index in [2.05, 4.69) is 32.7 Å². The third-order valence-electron chi connectivity index (χ3n) is 5.19. The first-order chi connectivity index (χ1) is 14.3. The van der Waals surface area contributed by atoms with Crippen LogP contribution < -0.4 is 4.74 Å². The molecule has 5 aromatic rings. The molecule has 0 aliphatic heterocycles. The second kappa shape index (κ2) is 7.04. The molecule has 0 aliphatic carbocycles. The Labute approximate surface area is 167 Å². The molecule has 0 amide bonds. The summed E-state index contributed by atoms with van der Waals surface area (Å²) >= 11 is 0. The van der Waals surface area contributed by atoms with Gasteiger partial charge in [-0.3, -0.25) is 9.97 Å². The van der Waals surface area contributed by atoms with E-state index in [9.17, 15) is 5.11 Å². The number of benzene rings is 2. The molecule has 0 aliphatic rings. The second-order valence-corrected chi connectivity index (χ2v) is 6.80. The van der Waals surface area contributed by atoms with Gasteiger partial charge in [-0.25, -0.2) is 0 Å². The lowest BCUT2D eigenvalue weighted by Crippen LogP contribution is -1.98. The van der Waals surface area contributed by atoms with E-state index in [1.54, 1.807) is 13.3 Å². The van der Waals surface area contributed by atoms with Crippen LogP contribution in [-0.2, 0) is 6.61 Å². The van der Waals surface area contributed by atoms with Gasteiger partial charge in [0.1, 0.15) is 5.75 Å². The fourth-order valence-electron chi connectivity index (χ4n) is 3.85. The summed E-state index contributed by atoms with van der Waals surface area (Å²) in [5.41, 5.74) is 6.56. The molecule has 0 fully saturated rings. The Morgan fingerprint density at radius 1 is 0.897 bits per heavy atom. The van der Waals surface area contributed by atoms with E-state index in [1.807, 2.05) is 54.7 Å². The van der Waals surface area contributed by atoms with Crippen molar-refractivity contribution in [2.75, 3.05) is 7.11 Å². The van der Waals surface area contributed by atoms with E-state index in [1.165, 1.54) is 0 Å². The van der Waals surface area contributed by atoms with Gasteiger partial charge >= 0.3 is 0 Å². The summed E-state index contributed by atoms with van der Waals surface area (Å²) in [6, 6.07) is 22.0. The number of methoxy groups -OCH3 is 1. The average Bonchev–Trinajstić information content (AvgIpc) is 3.13. The molecule has 0 atom stereocenters. The first kappa shape index (κ1) is 17.4. The molecule has 142 valence electrons. The summed E-state index contributed by atoms with van der Waals surface area (Å²) in [6.07, 6.45) is 3.62. The van der Waals surface area contributed by atoms with Crippen molar-refractivity contribution in [3.8, 4) is 22.7 Å². The van der Waals surface area contributed by atoms with Crippen molar-refractivity contribution in [1.82, 2.24) is 14.5 Å². The minimum atomic E-state index is -0.0856. The molecular formula is C24H19N3O2. The number of pyridine rings is 2. The van der Waals surface area contributed by atoms with Gasteiger partial charge in [-0.1, -0.05) is 18.2 Å². The van der Waals surface area contributed by atoms with Crippen LogP contribution in [-0.4, -0.2) is 26.8 Å². The maximum atomic E-state index is 9.84. The van der Waals surface area contributed by atoms with Crippen LogP contribution >= 0.6 is 0 Å². The molecule has 5 rings (SSSR count). The molecule has 2 aromatic carbocycles. The molecule has 3 heterocycles. The Morgan fingerprint density at radius 3 is 2.62 bits per heavy atom. The highest BCUT2D eigenvalue weighted by atomic mass is 16.5. The lowest BCUT2D eigenvalue weighted by Gasteiger charge is -2.12. The van der Waals surface area contributed by atoms with Crippen molar-refractivity contribution in [2.45, 2.75) is 6.61 Å². The number of hydrogen-bond donors (Lipinski definition) is 1. The Bertz CT molecular complexity index is 1290. The molecule has 1 N–H and O–H groups in total. The number of para-hydroxylation sites is 1. The maximum Gasteiger partial charge on any atom is 0.119 e. The maximum absolute atomic E-state index is 9.84. The first-order valence-corrected chi connectivity index (χ1v) is 9.39. The molecule has 5 heteroatoms. The van der Waals surface area contributed by atoms with Crippen molar-refractivity contribution in [2.24, 2.45) is 0 Å². The summed E-state index contributed by atoms with van der Waals surface area (Å²) in [5.74, 6) is 0.711. The van der Waals surface area contributed by atoms with Gasteiger partial charge in [-0.05, 0) is 54.1 Å². The summed E-state index contributed by atoms with van der Waals surface area (Å²) in [4.78, 5) is 9.16. The van der Waals surface area contributed by atoms with Gasteiger partial charge in [0, 0.05) is 29.0 Å². The summed E-state index contributed by atoms with van der Waals surface area (Å²) < 4.78 is 7.48. The number of fused-ring (bicyclic) bond motifs is 3. The van der Waals surface area contributed by atoms with Gasteiger partial charge < -0.3 is 14.4 Å². The van der Waals surface area contributed by atoms with Gasteiger partial charge in [0.05, 0.1) is 36.0 Å². The number of nitrogens with zero attached hydrogens (tertiary/aromatic N) is 3. The molecule has 3 aromatic heterocycles. The fraction of sp³-hybridized carbons (Fsp3) is 0.0833. The highest BCUT2D eigenvalue weighted by Crippen LogP contribution is 2.32. The summed E-state index contributed by atoms with van der Waals surface area (Å²) in [5, 5.41) is 11.0. The van der Waals surface area contributed by atoms with Gasteiger partial charge in [0.15, 0.2) is 0 Å². The molecule has 0 saturated carbocycles. The van der Waals surface area contributed by atoms with Gasteiger partial charge in [0.2, 0.25) is 0 Å². The Balaban J connectivity index is 1.74. The molecule has 0 radical (unpaired) electrons. The molecule has 0 spiro atoms. The lowest BCUT2D eigenvalue weighted by molar-refractivity contribution is 0.281. The fourth-order valence-corrected chi connectivity index (χ4v) is 3.85. The van der Waals surface area contributed by atoms with Crippen molar-refractivity contribution in [3.63, 3.8) is 0 Å². The third kappa shape index (κ3) is 2.83. The zero-order chi connectivity index (χ0) is 19.8. The van der Waals surface area contributed by atoms with Gasteiger partial charge in [0.25, 0.3) is 0 Å².